The topological polar surface area (TPSA) is 109 Å². The average molecular weight is 705 g/mol. The third-order valence-corrected chi connectivity index (χ3v) is 11.8. The summed E-state index contributed by atoms with van der Waals surface area (Å²) < 4.78 is 68.4. The molecule has 48 heavy (non-hydrogen) atoms. The average Bonchev–Trinajstić information content (AvgIpc) is 3.65. The molecule has 1 aliphatic carbocycles. The van der Waals surface area contributed by atoms with Crippen molar-refractivity contribution >= 4 is 38.4 Å². The number of carbonyl (C=O) groups excluding carboxylic acids is 2. The number of sulfonamides is 1. The van der Waals surface area contributed by atoms with Crippen LogP contribution in [0, 0.1) is 17.0 Å². The Hall–Kier alpha value is -3.46. The highest BCUT2D eigenvalue weighted by Gasteiger charge is 2.48. The van der Waals surface area contributed by atoms with Gasteiger partial charge in [0.05, 0.1) is 24.6 Å². The maximum atomic E-state index is 14.3. The summed E-state index contributed by atoms with van der Waals surface area (Å²) in [6.07, 6.45) is 1.18. The van der Waals surface area contributed by atoms with E-state index in [1.807, 2.05) is 14.1 Å². The second kappa shape index (κ2) is 13.4. The van der Waals surface area contributed by atoms with Crippen LogP contribution in [0.15, 0.2) is 40.6 Å². The lowest BCUT2D eigenvalue weighted by Crippen LogP contribution is -2.45. The molecule has 2 heterocycles. The van der Waals surface area contributed by atoms with Crippen LogP contribution in [0.1, 0.15) is 51.2 Å². The quantitative estimate of drug-likeness (QED) is 0.277. The van der Waals surface area contributed by atoms with Gasteiger partial charge in [0.15, 0.2) is 16.8 Å². The number of methoxy groups -OCH3 is 1. The van der Waals surface area contributed by atoms with Crippen molar-refractivity contribution in [2.75, 3.05) is 46.2 Å². The minimum Gasteiger partial charge on any atom is -0.495 e. The first-order valence-electron chi connectivity index (χ1n) is 15.7. The molecule has 10 nitrogen and oxygen atoms in total. The number of anilines is 1. The fourth-order valence-electron chi connectivity index (χ4n) is 6.52. The van der Waals surface area contributed by atoms with E-state index >= 15 is 0 Å². The largest absolute Gasteiger partial charge is 0.495 e. The summed E-state index contributed by atoms with van der Waals surface area (Å²) in [5.74, 6) is -2.88. The highest BCUT2D eigenvalue weighted by Crippen LogP contribution is 2.44. The molecule has 3 aromatic rings. The van der Waals surface area contributed by atoms with E-state index in [2.05, 4.69) is 9.88 Å². The van der Waals surface area contributed by atoms with Crippen molar-refractivity contribution in [1.82, 2.24) is 14.2 Å². The maximum Gasteiger partial charge on any atom is 0.307 e. The fraction of sp³-hybridized carbons (Fsp3) is 0.500. The molecular formula is C34H42F2N4O6S2. The fourth-order valence-corrected chi connectivity index (χ4v) is 8.97. The van der Waals surface area contributed by atoms with Crippen molar-refractivity contribution in [3.8, 4) is 17.0 Å². The standard InChI is InChI=1S/C34H42F2N4O6S2/c1-33(2,3)46-30(41)19-34(17-22-14-25(35)26(36)15-23(22)18-34)31(42)39(6)32-37-27(20-47-32)21-8-9-28(45-7)29(16-21)48(43,44)40-12-10-24(11-13-40)38(4)5/h8-9,14-16,20,24H,10-13,17-19H2,1-7H3. The molecule has 0 bridgehead atoms. The number of nitrogens with zero attached hydrogens (tertiary/aromatic N) is 4. The Morgan fingerprint density at radius 2 is 1.65 bits per heavy atom. The number of benzene rings is 2. The lowest BCUT2D eigenvalue weighted by atomic mass is 9.80. The van der Waals surface area contributed by atoms with Gasteiger partial charge in [-0.15, -0.1) is 11.3 Å². The van der Waals surface area contributed by atoms with E-state index < -0.39 is 44.6 Å². The first-order chi connectivity index (χ1) is 22.4. The van der Waals surface area contributed by atoms with Crippen LogP contribution in [0.5, 0.6) is 5.75 Å². The molecule has 2 aromatic carbocycles. The van der Waals surface area contributed by atoms with Crippen molar-refractivity contribution in [1.29, 1.82) is 0 Å². The van der Waals surface area contributed by atoms with Gasteiger partial charge in [0.1, 0.15) is 16.2 Å². The number of carbonyl (C=O) groups is 2. The van der Waals surface area contributed by atoms with Gasteiger partial charge in [-0.2, -0.15) is 4.31 Å². The summed E-state index contributed by atoms with van der Waals surface area (Å²) in [5, 5.41) is 2.02. The second-order valence-corrected chi connectivity index (χ2v) is 16.5. The highest BCUT2D eigenvalue weighted by molar-refractivity contribution is 7.89. The number of esters is 1. The summed E-state index contributed by atoms with van der Waals surface area (Å²) in [6.45, 7) is 5.94. The van der Waals surface area contributed by atoms with Gasteiger partial charge in [0.2, 0.25) is 15.9 Å². The molecule has 5 rings (SSSR count). The Morgan fingerprint density at radius 1 is 1.04 bits per heavy atom. The van der Waals surface area contributed by atoms with Crippen molar-refractivity contribution in [2.45, 2.75) is 69.4 Å². The molecular weight excluding hydrogens is 663 g/mol. The molecule has 0 N–H and O–H groups in total. The van der Waals surface area contributed by atoms with Crippen molar-refractivity contribution in [2.24, 2.45) is 5.41 Å². The third-order valence-electron chi connectivity index (χ3n) is 8.97. The van der Waals surface area contributed by atoms with Crippen LogP contribution in [0.2, 0.25) is 0 Å². The van der Waals surface area contributed by atoms with Crippen LogP contribution >= 0.6 is 11.3 Å². The van der Waals surface area contributed by atoms with E-state index in [-0.39, 0.29) is 29.9 Å². The Bertz CT molecular complexity index is 1780. The number of piperidine rings is 1. The zero-order valence-corrected chi connectivity index (χ0v) is 29.9. The lowest BCUT2D eigenvalue weighted by molar-refractivity contribution is -0.159. The highest BCUT2D eigenvalue weighted by atomic mass is 32.2. The number of fused-ring (bicyclic) bond motifs is 1. The lowest BCUT2D eigenvalue weighted by Gasteiger charge is -2.34. The Morgan fingerprint density at radius 3 is 2.19 bits per heavy atom. The number of aromatic nitrogens is 1. The summed E-state index contributed by atoms with van der Waals surface area (Å²) in [7, 11) is 3.06. The molecule has 0 spiro atoms. The Kier molecular flexibility index (Phi) is 10.0. The zero-order chi connectivity index (χ0) is 35.2. The minimum absolute atomic E-state index is 0.0195. The van der Waals surface area contributed by atoms with Gasteiger partial charge >= 0.3 is 5.97 Å². The number of hydrogen-bond acceptors (Lipinski definition) is 9. The summed E-state index contributed by atoms with van der Waals surface area (Å²) in [4.78, 5) is 35.5. The van der Waals surface area contributed by atoms with Crippen LogP contribution in [0.25, 0.3) is 11.3 Å². The zero-order valence-electron chi connectivity index (χ0n) is 28.3. The van der Waals surface area contributed by atoms with Crippen LogP contribution < -0.4 is 9.64 Å². The van der Waals surface area contributed by atoms with Gasteiger partial charge in [0.25, 0.3) is 0 Å². The number of halogens is 2. The molecule has 260 valence electrons. The molecule has 14 heteroatoms. The molecule has 1 amide bonds. The van der Waals surface area contributed by atoms with Crippen molar-refractivity contribution < 1.29 is 36.3 Å². The maximum absolute atomic E-state index is 14.3. The van der Waals surface area contributed by atoms with Crippen molar-refractivity contribution in [3.05, 3.63) is 58.5 Å². The van der Waals surface area contributed by atoms with Crippen LogP contribution in [-0.2, 0) is 37.2 Å². The second-order valence-electron chi connectivity index (χ2n) is 13.8. The van der Waals surface area contributed by atoms with E-state index in [4.69, 9.17) is 9.47 Å². The third kappa shape index (κ3) is 7.26. The monoisotopic (exact) mass is 704 g/mol. The first kappa shape index (κ1) is 35.8. The number of thiazole rings is 1. The molecule has 2 aliphatic rings. The van der Waals surface area contributed by atoms with Gasteiger partial charge in [-0.3, -0.25) is 14.5 Å². The van der Waals surface area contributed by atoms with Crippen LogP contribution in [0.3, 0.4) is 0 Å². The van der Waals surface area contributed by atoms with E-state index in [1.165, 1.54) is 40.8 Å². The molecule has 1 aliphatic heterocycles. The molecule has 0 unspecified atom stereocenters. The molecule has 1 aromatic heterocycles. The molecule has 1 saturated heterocycles. The summed E-state index contributed by atoms with van der Waals surface area (Å²) >= 11 is 1.17. The summed E-state index contributed by atoms with van der Waals surface area (Å²) in [6, 6.07) is 7.30. The number of amides is 1. The first-order valence-corrected chi connectivity index (χ1v) is 18.0. The predicted octanol–water partition coefficient (Wildman–Crippen LogP) is 5.29. The minimum atomic E-state index is -3.88. The van der Waals surface area contributed by atoms with Gasteiger partial charge < -0.3 is 14.4 Å². The molecule has 1 fully saturated rings. The molecule has 0 atom stereocenters. The number of rotatable bonds is 9. The van der Waals surface area contributed by atoms with E-state index in [9.17, 15) is 26.8 Å². The van der Waals surface area contributed by atoms with E-state index in [0.29, 0.717) is 59.5 Å². The smallest absolute Gasteiger partial charge is 0.307 e. The predicted molar refractivity (Wildman–Crippen MR) is 180 cm³/mol. The van der Waals surface area contributed by atoms with Gasteiger partial charge in [-0.05, 0) is 102 Å². The van der Waals surface area contributed by atoms with Crippen molar-refractivity contribution in [3.63, 3.8) is 0 Å². The molecule has 0 radical (unpaired) electrons. The Balaban J connectivity index is 1.42. The van der Waals surface area contributed by atoms with Crippen LogP contribution in [0.4, 0.5) is 13.9 Å². The number of ether oxygens (including phenoxy) is 2. The summed E-state index contributed by atoms with van der Waals surface area (Å²) in [5.41, 5.74) is -0.279. The van der Waals surface area contributed by atoms with Crippen LogP contribution in [-0.4, -0.2) is 87.5 Å². The van der Waals surface area contributed by atoms with E-state index in [1.54, 1.807) is 38.3 Å². The van der Waals surface area contributed by atoms with E-state index in [0.717, 1.165) is 12.1 Å². The number of hydrogen-bond donors (Lipinski definition) is 0. The van der Waals surface area contributed by atoms with Gasteiger partial charge in [-0.1, -0.05) is 0 Å². The Labute approximate surface area is 284 Å². The normalized spacial score (nSPS) is 17.0. The SMILES string of the molecule is COc1ccc(-c2csc(N(C)C(=O)C3(CC(=O)OC(C)(C)C)Cc4cc(F)c(F)cc4C3)n2)cc1S(=O)(=O)N1CCC(N(C)C)CC1. The van der Waals surface area contributed by atoms with Gasteiger partial charge in [-0.25, -0.2) is 22.2 Å². The van der Waals surface area contributed by atoms with Gasteiger partial charge in [0, 0.05) is 37.1 Å². The molecule has 0 saturated carbocycles.